The minimum Gasteiger partial charge on any atom is -0.364 e. The third-order valence-corrected chi connectivity index (χ3v) is 1.71. The highest BCUT2D eigenvalue weighted by Gasteiger charge is 2.28. The van der Waals surface area contributed by atoms with Crippen LogP contribution in [0.4, 0.5) is 17.6 Å². The summed E-state index contributed by atoms with van der Waals surface area (Å²) in [7, 11) is 0. The molecule has 0 atom stereocenters. The van der Waals surface area contributed by atoms with E-state index in [2.05, 4.69) is 0 Å². The summed E-state index contributed by atoms with van der Waals surface area (Å²) >= 11 is 0. The smallest absolute Gasteiger partial charge is 0.184 e. The molecule has 1 rings (SSSR count). The van der Waals surface area contributed by atoms with Crippen molar-refractivity contribution in [3.8, 4) is 0 Å². The van der Waals surface area contributed by atoms with Gasteiger partial charge >= 0.3 is 0 Å². The van der Waals surface area contributed by atoms with Gasteiger partial charge in [0.2, 0.25) is 0 Å². The molecule has 0 spiro atoms. The van der Waals surface area contributed by atoms with E-state index in [0.717, 1.165) is 0 Å². The van der Waals surface area contributed by atoms with Gasteiger partial charge in [-0.15, -0.1) is 0 Å². The van der Waals surface area contributed by atoms with E-state index >= 15 is 0 Å². The van der Waals surface area contributed by atoms with Crippen LogP contribution in [-0.4, -0.2) is 16.5 Å². The third-order valence-electron chi connectivity index (χ3n) is 1.71. The zero-order valence-corrected chi connectivity index (χ0v) is 6.97. The third kappa shape index (κ3) is 1.71. The van der Waals surface area contributed by atoms with Crippen molar-refractivity contribution in [2.45, 2.75) is 6.29 Å². The SMILES string of the molecule is O=Cc1c(F)c(F)c(C(O)O)c(F)c1F. The molecule has 2 N–H and O–H groups in total. The van der Waals surface area contributed by atoms with Crippen LogP contribution in [0.2, 0.25) is 0 Å². The molecule has 0 aliphatic carbocycles. The maximum Gasteiger partial charge on any atom is 0.184 e. The number of hydrogen-bond donors (Lipinski definition) is 2. The predicted molar refractivity (Wildman–Crippen MR) is 38.8 cm³/mol. The van der Waals surface area contributed by atoms with E-state index in [9.17, 15) is 22.4 Å². The highest BCUT2D eigenvalue weighted by molar-refractivity contribution is 5.76. The van der Waals surface area contributed by atoms with Gasteiger partial charge in [-0.3, -0.25) is 4.79 Å². The number of carbonyl (C=O) groups excluding carboxylic acids is 1. The Morgan fingerprint density at radius 2 is 1.33 bits per heavy atom. The zero-order chi connectivity index (χ0) is 11.7. The summed E-state index contributed by atoms with van der Waals surface area (Å²) < 4.78 is 51.4. The summed E-state index contributed by atoms with van der Waals surface area (Å²) in [5, 5.41) is 16.9. The van der Waals surface area contributed by atoms with Crippen molar-refractivity contribution in [1.29, 1.82) is 0 Å². The van der Waals surface area contributed by atoms with Crippen LogP contribution in [0.15, 0.2) is 0 Å². The lowest BCUT2D eigenvalue weighted by atomic mass is 10.1. The van der Waals surface area contributed by atoms with Gasteiger partial charge in [-0.1, -0.05) is 0 Å². The molecule has 0 aromatic heterocycles. The highest BCUT2D eigenvalue weighted by Crippen LogP contribution is 2.26. The first-order valence-electron chi connectivity index (χ1n) is 3.59. The van der Waals surface area contributed by atoms with E-state index in [-0.39, 0.29) is 0 Å². The molecular weight excluding hydrogens is 220 g/mol. The molecule has 0 saturated carbocycles. The zero-order valence-electron chi connectivity index (χ0n) is 6.97. The molecule has 0 amide bonds. The summed E-state index contributed by atoms with van der Waals surface area (Å²) in [6, 6.07) is 0. The fraction of sp³-hybridized carbons (Fsp3) is 0.125. The lowest BCUT2D eigenvalue weighted by Gasteiger charge is -2.09. The van der Waals surface area contributed by atoms with Crippen molar-refractivity contribution >= 4 is 6.29 Å². The van der Waals surface area contributed by atoms with Gasteiger partial charge in [0.25, 0.3) is 0 Å². The number of hydrogen-bond acceptors (Lipinski definition) is 3. The van der Waals surface area contributed by atoms with Crippen LogP contribution >= 0.6 is 0 Å². The first-order chi connectivity index (χ1) is 6.91. The standard InChI is InChI=1S/C8H4F4O3/c9-4-2(1-13)5(10)7(12)3(6(4)11)8(14)15/h1,8,14-15H. The Bertz CT molecular complexity index is 388. The van der Waals surface area contributed by atoms with Gasteiger partial charge in [-0.25, -0.2) is 17.6 Å². The Hall–Kier alpha value is -1.47. The number of rotatable bonds is 2. The Labute approximate surface area is 80.6 Å². The number of halogens is 4. The fourth-order valence-corrected chi connectivity index (χ4v) is 0.996. The molecule has 0 bridgehead atoms. The molecule has 0 saturated heterocycles. The maximum atomic E-state index is 12.9. The molecule has 82 valence electrons. The van der Waals surface area contributed by atoms with Crippen LogP contribution < -0.4 is 0 Å². The van der Waals surface area contributed by atoms with Crippen molar-refractivity contribution in [3.05, 3.63) is 34.4 Å². The molecule has 7 heteroatoms. The lowest BCUT2D eigenvalue weighted by Crippen LogP contribution is -2.11. The Morgan fingerprint density at radius 3 is 1.60 bits per heavy atom. The molecule has 0 unspecified atom stereocenters. The maximum absolute atomic E-state index is 12.9. The summed E-state index contributed by atoms with van der Waals surface area (Å²) in [5.41, 5.74) is -3.01. The van der Waals surface area contributed by atoms with Crippen LogP contribution in [0.5, 0.6) is 0 Å². The average Bonchev–Trinajstić information content (AvgIpc) is 2.16. The second kappa shape index (κ2) is 3.95. The normalized spacial score (nSPS) is 10.9. The van der Waals surface area contributed by atoms with E-state index in [1.165, 1.54) is 0 Å². The van der Waals surface area contributed by atoms with Gasteiger partial charge in [-0.05, 0) is 0 Å². The average molecular weight is 224 g/mol. The summed E-state index contributed by atoms with van der Waals surface area (Å²) in [5.74, 6) is -7.95. The van der Waals surface area contributed by atoms with Gasteiger partial charge in [0.1, 0.15) is 0 Å². The molecule has 0 fully saturated rings. The van der Waals surface area contributed by atoms with Crippen LogP contribution in [0, 0.1) is 23.3 Å². The molecule has 0 aliphatic rings. The van der Waals surface area contributed by atoms with Crippen molar-refractivity contribution in [3.63, 3.8) is 0 Å². The molecule has 3 nitrogen and oxygen atoms in total. The van der Waals surface area contributed by atoms with E-state index in [1.807, 2.05) is 0 Å². The Kier molecular flexibility index (Phi) is 3.06. The topological polar surface area (TPSA) is 57.5 Å². The van der Waals surface area contributed by atoms with E-state index < -0.39 is 47.0 Å². The van der Waals surface area contributed by atoms with Gasteiger partial charge in [0.15, 0.2) is 35.8 Å². The second-order valence-corrected chi connectivity index (χ2v) is 2.57. The highest BCUT2D eigenvalue weighted by atomic mass is 19.2. The van der Waals surface area contributed by atoms with Crippen molar-refractivity contribution in [2.75, 3.05) is 0 Å². The molecule has 1 aromatic rings. The Balaban J connectivity index is 3.66. The minimum absolute atomic E-state index is 0.412. The monoisotopic (exact) mass is 224 g/mol. The number of benzene rings is 1. The first-order valence-corrected chi connectivity index (χ1v) is 3.59. The van der Waals surface area contributed by atoms with Gasteiger partial charge < -0.3 is 10.2 Å². The van der Waals surface area contributed by atoms with E-state index in [1.54, 1.807) is 0 Å². The lowest BCUT2D eigenvalue weighted by molar-refractivity contribution is -0.0485. The number of aldehydes is 1. The fourth-order valence-electron chi connectivity index (χ4n) is 0.996. The van der Waals surface area contributed by atoms with Gasteiger partial charge in [0, 0.05) is 0 Å². The molecule has 1 aromatic carbocycles. The minimum atomic E-state index is -2.71. The molecular formula is C8H4F4O3. The number of aliphatic hydroxyl groups excluding tert-OH is 1. The number of aliphatic hydroxyl groups is 2. The quantitative estimate of drug-likeness (QED) is 0.341. The number of carbonyl (C=O) groups is 1. The van der Waals surface area contributed by atoms with Crippen LogP contribution in [0.25, 0.3) is 0 Å². The van der Waals surface area contributed by atoms with E-state index in [4.69, 9.17) is 10.2 Å². The first kappa shape index (κ1) is 11.6. The molecule has 15 heavy (non-hydrogen) atoms. The largest absolute Gasteiger partial charge is 0.364 e. The predicted octanol–water partition coefficient (Wildman–Crippen LogP) is 1.04. The summed E-state index contributed by atoms with van der Waals surface area (Å²) in [6.07, 6.45) is -3.13. The van der Waals surface area contributed by atoms with Crippen molar-refractivity contribution in [1.82, 2.24) is 0 Å². The van der Waals surface area contributed by atoms with Crippen molar-refractivity contribution < 1.29 is 32.6 Å². The molecule has 0 aliphatic heterocycles. The van der Waals surface area contributed by atoms with Crippen LogP contribution in [0.1, 0.15) is 22.2 Å². The molecule has 0 radical (unpaired) electrons. The van der Waals surface area contributed by atoms with Gasteiger partial charge in [-0.2, -0.15) is 0 Å². The second-order valence-electron chi connectivity index (χ2n) is 2.57. The van der Waals surface area contributed by atoms with Crippen LogP contribution in [0.3, 0.4) is 0 Å². The van der Waals surface area contributed by atoms with Crippen molar-refractivity contribution in [2.24, 2.45) is 0 Å². The summed E-state index contributed by atoms with van der Waals surface area (Å²) in [4.78, 5) is 10.1. The van der Waals surface area contributed by atoms with Crippen LogP contribution in [-0.2, 0) is 0 Å². The Morgan fingerprint density at radius 1 is 0.933 bits per heavy atom. The van der Waals surface area contributed by atoms with E-state index in [0.29, 0.717) is 0 Å². The van der Waals surface area contributed by atoms with Gasteiger partial charge in [0.05, 0.1) is 11.1 Å². The molecule has 0 heterocycles. The summed E-state index contributed by atoms with van der Waals surface area (Å²) in [6.45, 7) is 0.